The van der Waals surface area contributed by atoms with Gasteiger partial charge in [-0.2, -0.15) is 4.31 Å². The Hall–Kier alpha value is -1.43. The van der Waals surface area contributed by atoms with Gasteiger partial charge in [-0.25, -0.2) is 12.8 Å². The first-order valence-corrected chi connectivity index (χ1v) is 10.6. The predicted octanol–water partition coefficient (Wildman–Crippen LogP) is 5.06. The quantitative estimate of drug-likeness (QED) is 0.686. The third-order valence-corrected chi connectivity index (χ3v) is 6.88. The summed E-state index contributed by atoms with van der Waals surface area (Å²) >= 11 is 5.81. The first-order valence-electron chi connectivity index (χ1n) is 8.78. The molecule has 1 radical (unpaired) electrons. The van der Waals surface area contributed by atoms with E-state index in [1.807, 2.05) is 30.3 Å². The number of nitrogens with zero attached hydrogens (tertiary/aromatic N) is 1. The van der Waals surface area contributed by atoms with Crippen LogP contribution >= 0.6 is 11.6 Å². The summed E-state index contributed by atoms with van der Waals surface area (Å²) in [6.45, 7) is 0.604. The lowest BCUT2D eigenvalue weighted by atomic mass is 9.89. The largest absolute Gasteiger partial charge is 0.246 e. The number of halogens is 2. The van der Waals surface area contributed by atoms with Crippen molar-refractivity contribution in [3.63, 3.8) is 0 Å². The normalized spacial score (nSPS) is 16.1. The van der Waals surface area contributed by atoms with E-state index in [1.54, 1.807) is 0 Å². The highest BCUT2D eigenvalue weighted by Gasteiger charge is 2.31. The Bertz CT molecular complexity index is 836. The van der Waals surface area contributed by atoms with E-state index in [0.29, 0.717) is 6.54 Å². The third-order valence-electron chi connectivity index (χ3n) is 4.76. The maximum absolute atomic E-state index is 14.4. The molecule has 3 rings (SSSR count). The SMILES string of the molecule is O=S(=O)(c1cccc(Cl)c1F)N(Cc1ccccc1)CC1CC[CH]CC1. The van der Waals surface area contributed by atoms with Crippen molar-refractivity contribution in [2.75, 3.05) is 6.54 Å². The topological polar surface area (TPSA) is 37.4 Å². The van der Waals surface area contributed by atoms with Crippen molar-refractivity contribution >= 4 is 21.6 Å². The summed E-state index contributed by atoms with van der Waals surface area (Å²) in [6, 6.07) is 13.5. The molecule has 1 aliphatic carbocycles. The van der Waals surface area contributed by atoms with E-state index in [2.05, 4.69) is 6.42 Å². The van der Waals surface area contributed by atoms with Crippen LogP contribution in [0.25, 0.3) is 0 Å². The number of benzene rings is 2. The van der Waals surface area contributed by atoms with Crippen LogP contribution in [0, 0.1) is 18.2 Å². The second-order valence-corrected chi connectivity index (χ2v) is 8.96. The van der Waals surface area contributed by atoms with E-state index in [4.69, 9.17) is 11.6 Å². The molecule has 2 aromatic rings. The number of sulfonamides is 1. The minimum absolute atomic E-state index is 0.182. The highest BCUT2D eigenvalue weighted by molar-refractivity contribution is 7.89. The van der Waals surface area contributed by atoms with Gasteiger partial charge in [0.2, 0.25) is 10.0 Å². The summed E-state index contributed by atoms with van der Waals surface area (Å²) in [4.78, 5) is -0.358. The smallest absolute Gasteiger partial charge is 0.207 e. The zero-order chi connectivity index (χ0) is 18.6. The lowest BCUT2D eigenvalue weighted by Gasteiger charge is -2.29. The molecular formula is C20H22ClFNO2S. The van der Waals surface area contributed by atoms with Crippen LogP contribution in [0.1, 0.15) is 31.2 Å². The molecule has 6 heteroatoms. The predicted molar refractivity (Wildman–Crippen MR) is 102 cm³/mol. The average molecular weight is 395 g/mol. The van der Waals surface area contributed by atoms with Crippen molar-refractivity contribution in [1.29, 1.82) is 0 Å². The van der Waals surface area contributed by atoms with Crippen LogP contribution < -0.4 is 0 Å². The molecule has 1 aliphatic rings. The molecule has 0 spiro atoms. The van der Waals surface area contributed by atoms with Crippen LogP contribution in [0.3, 0.4) is 0 Å². The second-order valence-electron chi connectivity index (χ2n) is 6.64. The summed E-state index contributed by atoms with van der Waals surface area (Å²) in [5.41, 5.74) is 0.876. The Labute approximate surface area is 159 Å². The van der Waals surface area contributed by atoms with Gasteiger partial charge in [0.15, 0.2) is 5.82 Å². The Morgan fingerprint density at radius 2 is 1.73 bits per heavy atom. The minimum atomic E-state index is -3.99. The molecule has 2 aromatic carbocycles. The maximum atomic E-state index is 14.4. The van der Waals surface area contributed by atoms with Crippen LogP contribution in [0.15, 0.2) is 53.4 Å². The van der Waals surface area contributed by atoms with Gasteiger partial charge < -0.3 is 0 Å². The van der Waals surface area contributed by atoms with E-state index in [0.717, 1.165) is 31.2 Å². The molecular weight excluding hydrogens is 373 g/mol. The lowest BCUT2D eigenvalue weighted by molar-refractivity contribution is 0.294. The first kappa shape index (κ1) is 19.3. The van der Waals surface area contributed by atoms with Gasteiger partial charge in [0, 0.05) is 13.1 Å². The van der Waals surface area contributed by atoms with E-state index in [1.165, 1.54) is 22.5 Å². The van der Waals surface area contributed by atoms with E-state index in [9.17, 15) is 12.8 Å². The van der Waals surface area contributed by atoms with Crippen LogP contribution in [-0.4, -0.2) is 19.3 Å². The first-order chi connectivity index (χ1) is 12.5. The molecule has 1 saturated carbocycles. The molecule has 0 saturated heterocycles. The van der Waals surface area contributed by atoms with E-state index >= 15 is 0 Å². The average Bonchev–Trinajstić information content (AvgIpc) is 2.65. The van der Waals surface area contributed by atoms with Crippen molar-refractivity contribution < 1.29 is 12.8 Å². The fourth-order valence-corrected chi connectivity index (χ4v) is 5.15. The van der Waals surface area contributed by atoms with E-state index < -0.39 is 15.8 Å². The van der Waals surface area contributed by atoms with Crippen LogP contribution in [0.4, 0.5) is 4.39 Å². The maximum Gasteiger partial charge on any atom is 0.246 e. The molecule has 0 atom stereocenters. The summed E-state index contributed by atoms with van der Waals surface area (Å²) in [5.74, 6) is -0.607. The number of rotatable bonds is 6. The van der Waals surface area contributed by atoms with Crippen molar-refractivity contribution in [2.24, 2.45) is 5.92 Å². The molecule has 0 aliphatic heterocycles. The Balaban J connectivity index is 1.93. The molecule has 3 nitrogen and oxygen atoms in total. The number of hydrogen-bond acceptors (Lipinski definition) is 2. The van der Waals surface area contributed by atoms with Gasteiger partial charge in [-0.1, -0.05) is 48.0 Å². The standard InChI is InChI=1S/C20H22ClFNO2S/c21-18-12-7-13-19(20(18)22)26(24,25)23(14-16-8-3-1-4-9-16)15-17-10-5-2-6-11-17/h1-4,7-9,12-13,17H,5-6,10-11,14-15H2. The van der Waals surface area contributed by atoms with Crippen LogP contribution in [0.5, 0.6) is 0 Å². The molecule has 139 valence electrons. The van der Waals surface area contributed by atoms with Gasteiger partial charge in [-0.05, 0) is 55.7 Å². The third kappa shape index (κ3) is 4.45. The second kappa shape index (κ2) is 8.51. The Morgan fingerprint density at radius 3 is 2.42 bits per heavy atom. The van der Waals surface area contributed by atoms with Crippen molar-refractivity contribution in [1.82, 2.24) is 4.31 Å². The number of hydrogen-bond donors (Lipinski definition) is 0. The molecule has 0 bridgehead atoms. The highest BCUT2D eigenvalue weighted by atomic mass is 35.5. The summed E-state index contributed by atoms with van der Waals surface area (Å²) < 4.78 is 42.2. The fraction of sp³-hybridized carbons (Fsp3) is 0.350. The monoisotopic (exact) mass is 394 g/mol. The van der Waals surface area contributed by atoms with Gasteiger partial charge in [0.05, 0.1) is 5.02 Å². The van der Waals surface area contributed by atoms with Crippen molar-refractivity contribution in [3.05, 3.63) is 71.4 Å². The van der Waals surface area contributed by atoms with Gasteiger partial charge in [-0.15, -0.1) is 0 Å². The molecule has 0 aromatic heterocycles. The zero-order valence-corrected chi connectivity index (χ0v) is 16.0. The molecule has 0 unspecified atom stereocenters. The zero-order valence-electron chi connectivity index (χ0n) is 14.4. The highest BCUT2D eigenvalue weighted by Crippen LogP contribution is 2.29. The summed E-state index contributed by atoms with van der Waals surface area (Å²) in [6.07, 6.45) is 6.14. The lowest BCUT2D eigenvalue weighted by Crippen LogP contribution is -2.36. The molecule has 1 fully saturated rings. The van der Waals surface area contributed by atoms with E-state index in [-0.39, 0.29) is 22.4 Å². The van der Waals surface area contributed by atoms with Gasteiger partial charge in [-0.3, -0.25) is 0 Å². The van der Waals surface area contributed by atoms with Crippen LogP contribution in [-0.2, 0) is 16.6 Å². The van der Waals surface area contributed by atoms with Gasteiger partial charge >= 0.3 is 0 Å². The van der Waals surface area contributed by atoms with Gasteiger partial charge in [0.1, 0.15) is 4.90 Å². The minimum Gasteiger partial charge on any atom is -0.207 e. The molecule has 0 amide bonds. The van der Waals surface area contributed by atoms with Crippen molar-refractivity contribution in [2.45, 2.75) is 37.1 Å². The molecule has 0 N–H and O–H groups in total. The summed E-state index contributed by atoms with van der Waals surface area (Å²) in [7, 11) is -3.99. The molecule has 26 heavy (non-hydrogen) atoms. The van der Waals surface area contributed by atoms with Crippen molar-refractivity contribution in [3.8, 4) is 0 Å². The fourth-order valence-electron chi connectivity index (χ4n) is 3.32. The molecule has 0 heterocycles. The van der Waals surface area contributed by atoms with Gasteiger partial charge in [0.25, 0.3) is 0 Å². The van der Waals surface area contributed by atoms with Crippen LogP contribution in [0.2, 0.25) is 5.02 Å². The summed E-state index contributed by atoms with van der Waals surface area (Å²) in [5, 5.41) is -0.182. The Morgan fingerprint density at radius 1 is 1.04 bits per heavy atom. The Kier molecular flexibility index (Phi) is 6.33.